The molecule has 1 fully saturated rings. The summed E-state index contributed by atoms with van der Waals surface area (Å²) < 4.78 is 4.96. The summed E-state index contributed by atoms with van der Waals surface area (Å²) in [5.74, 6) is -0.478. The Bertz CT molecular complexity index is 543. The Balaban J connectivity index is 2.14. The van der Waals surface area contributed by atoms with Crippen molar-refractivity contribution in [1.82, 2.24) is 10.9 Å². The van der Waals surface area contributed by atoms with E-state index in [1.54, 1.807) is 0 Å². The normalized spacial score (nSPS) is 24.8. The summed E-state index contributed by atoms with van der Waals surface area (Å²) in [5.41, 5.74) is 7.83. The van der Waals surface area contributed by atoms with Crippen molar-refractivity contribution in [2.45, 2.75) is 32.2 Å². The van der Waals surface area contributed by atoms with Crippen LogP contribution in [0.5, 0.6) is 0 Å². The molecule has 1 amide bonds. The van der Waals surface area contributed by atoms with Crippen molar-refractivity contribution in [2.75, 3.05) is 12.4 Å². The molecule has 114 valence electrons. The van der Waals surface area contributed by atoms with E-state index in [1.807, 2.05) is 32.0 Å². The Morgan fingerprint density at radius 3 is 2.43 bits per heavy atom. The number of hydrazine groups is 1. The molecule has 1 aromatic rings. The second kappa shape index (κ2) is 6.17. The van der Waals surface area contributed by atoms with Gasteiger partial charge in [-0.05, 0) is 37.1 Å². The van der Waals surface area contributed by atoms with Gasteiger partial charge in [-0.2, -0.15) is 0 Å². The van der Waals surface area contributed by atoms with Crippen molar-refractivity contribution in [3.8, 4) is 0 Å². The van der Waals surface area contributed by atoms with Gasteiger partial charge in [0.2, 0.25) is 5.91 Å². The SMILES string of the molecule is COC1NNC(C(=O)Nc2cc(C)cc(C)c2)C1[N+](=O)[O-]. The van der Waals surface area contributed by atoms with Crippen LogP contribution in [0.4, 0.5) is 5.69 Å². The van der Waals surface area contributed by atoms with E-state index in [4.69, 9.17) is 4.74 Å². The van der Waals surface area contributed by atoms with Gasteiger partial charge in [0.15, 0.2) is 12.3 Å². The summed E-state index contributed by atoms with van der Waals surface area (Å²) in [4.78, 5) is 22.8. The number of carbonyl (C=O) groups is 1. The smallest absolute Gasteiger partial charge is 0.278 e. The molecular formula is C13H18N4O4. The Kier molecular flexibility index (Phi) is 4.51. The first-order valence-electron chi connectivity index (χ1n) is 6.49. The summed E-state index contributed by atoms with van der Waals surface area (Å²) >= 11 is 0. The van der Waals surface area contributed by atoms with Crippen LogP contribution in [0.1, 0.15) is 11.1 Å². The zero-order valence-corrected chi connectivity index (χ0v) is 12.0. The highest BCUT2D eigenvalue weighted by atomic mass is 16.6. The highest BCUT2D eigenvalue weighted by molar-refractivity contribution is 5.95. The van der Waals surface area contributed by atoms with Gasteiger partial charge in [0.05, 0.1) is 0 Å². The lowest BCUT2D eigenvalue weighted by atomic mass is 10.1. The van der Waals surface area contributed by atoms with Crippen molar-refractivity contribution in [1.29, 1.82) is 0 Å². The first-order valence-corrected chi connectivity index (χ1v) is 6.49. The monoisotopic (exact) mass is 294 g/mol. The number of aryl methyl sites for hydroxylation is 2. The minimum Gasteiger partial charge on any atom is -0.358 e. The van der Waals surface area contributed by atoms with Crippen molar-refractivity contribution in [3.05, 3.63) is 39.4 Å². The van der Waals surface area contributed by atoms with E-state index in [-0.39, 0.29) is 0 Å². The molecule has 0 saturated carbocycles. The Hall–Kier alpha value is -2.03. The van der Waals surface area contributed by atoms with Gasteiger partial charge >= 0.3 is 0 Å². The van der Waals surface area contributed by atoms with Gasteiger partial charge in [-0.1, -0.05) is 6.07 Å². The van der Waals surface area contributed by atoms with Crippen molar-refractivity contribution >= 4 is 11.6 Å². The van der Waals surface area contributed by atoms with E-state index in [1.165, 1.54) is 7.11 Å². The number of rotatable bonds is 4. The molecule has 1 aromatic carbocycles. The lowest BCUT2D eigenvalue weighted by Crippen LogP contribution is -2.47. The van der Waals surface area contributed by atoms with Gasteiger partial charge in [-0.3, -0.25) is 14.9 Å². The number of amides is 1. The van der Waals surface area contributed by atoms with Crippen LogP contribution in [-0.4, -0.2) is 36.3 Å². The van der Waals surface area contributed by atoms with Crippen LogP contribution in [0.3, 0.4) is 0 Å². The van der Waals surface area contributed by atoms with Gasteiger partial charge < -0.3 is 10.1 Å². The number of hydrogen-bond acceptors (Lipinski definition) is 6. The Labute approximate surface area is 122 Å². The van der Waals surface area contributed by atoms with Crippen molar-refractivity contribution in [2.24, 2.45) is 0 Å². The third-order valence-electron chi connectivity index (χ3n) is 3.30. The first-order chi connectivity index (χ1) is 9.92. The molecule has 2 rings (SSSR count). The number of anilines is 1. The van der Waals surface area contributed by atoms with Crippen LogP contribution in [-0.2, 0) is 9.53 Å². The maximum atomic E-state index is 12.2. The van der Waals surface area contributed by atoms with Gasteiger partial charge in [0.1, 0.15) is 0 Å². The average Bonchev–Trinajstić information content (AvgIpc) is 2.81. The summed E-state index contributed by atoms with van der Waals surface area (Å²) in [6.07, 6.45) is -0.852. The second-order valence-corrected chi connectivity index (χ2v) is 5.06. The van der Waals surface area contributed by atoms with Crippen LogP contribution in [0, 0.1) is 24.0 Å². The number of nitrogens with zero attached hydrogens (tertiary/aromatic N) is 1. The molecule has 0 aromatic heterocycles. The molecular weight excluding hydrogens is 276 g/mol. The third kappa shape index (κ3) is 3.35. The third-order valence-corrected chi connectivity index (χ3v) is 3.30. The number of hydrogen-bond donors (Lipinski definition) is 3. The molecule has 0 aliphatic carbocycles. The maximum Gasteiger partial charge on any atom is 0.278 e. The fraction of sp³-hybridized carbons (Fsp3) is 0.462. The number of ether oxygens (including phenoxy) is 1. The van der Waals surface area contributed by atoms with Crippen molar-refractivity contribution < 1.29 is 14.5 Å². The van der Waals surface area contributed by atoms with Crippen LogP contribution in [0.15, 0.2) is 18.2 Å². The fourth-order valence-corrected chi connectivity index (χ4v) is 2.44. The van der Waals surface area contributed by atoms with Crippen LogP contribution >= 0.6 is 0 Å². The molecule has 21 heavy (non-hydrogen) atoms. The molecule has 0 bridgehead atoms. The molecule has 3 N–H and O–H groups in total. The maximum absolute atomic E-state index is 12.2. The number of nitro groups is 1. The summed E-state index contributed by atoms with van der Waals surface area (Å²) in [7, 11) is 1.35. The van der Waals surface area contributed by atoms with E-state index >= 15 is 0 Å². The fourth-order valence-electron chi connectivity index (χ4n) is 2.44. The topological polar surface area (TPSA) is 106 Å². The zero-order valence-electron chi connectivity index (χ0n) is 12.0. The van der Waals surface area contributed by atoms with Gasteiger partial charge in [-0.15, -0.1) is 0 Å². The highest BCUT2D eigenvalue weighted by Gasteiger charge is 2.49. The predicted molar refractivity (Wildman–Crippen MR) is 76.2 cm³/mol. The van der Waals surface area contributed by atoms with E-state index in [0.29, 0.717) is 5.69 Å². The quantitative estimate of drug-likeness (QED) is 0.546. The molecule has 0 spiro atoms. The zero-order chi connectivity index (χ0) is 15.6. The van der Waals surface area contributed by atoms with Crippen LogP contribution < -0.4 is 16.2 Å². The van der Waals surface area contributed by atoms with Crippen LogP contribution in [0.2, 0.25) is 0 Å². The Morgan fingerprint density at radius 2 is 1.90 bits per heavy atom. The second-order valence-electron chi connectivity index (χ2n) is 5.06. The highest BCUT2D eigenvalue weighted by Crippen LogP contribution is 2.17. The molecule has 1 aliphatic heterocycles. The number of methoxy groups -OCH3 is 1. The van der Waals surface area contributed by atoms with Crippen molar-refractivity contribution in [3.63, 3.8) is 0 Å². The van der Waals surface area contributed by atoms with E-state index < -0.39 is 29.1 Å². The van der Waals surface area contributed by atoms with Crippen LogP contribution in [0.25, 0.3) is 0 Å². The minimum absolute atomic E-state index is 0.478. The minimum atomic E-state index is -1.19. The molecule has 8 nitrogen and oxygen atoms in total. The standard InChI is InChI=1S/C13H18N4O4/c1-7-4-8(2)6-9(5-7)14-12(18)10-11(17(19)20)13(21-3)16-15-10/h4-6,10-11,13,15-16H,1-3H3,(H,14,18). The van der Waals surface area contributed by atoms with E-state index in [2.05, 4.69) is 16.2 Å². The number of carbonyl (C=O) groups excluding carboxylic acids is 1. The molecule has 1 saturated heterocycles. The lowest BCUT2D eigenvalue weighted by Gasteiger charge is -2.15. The Morgan fingerprint density at radius 1 is 1.29 bits per heavy atom. The molecule has 1 heterocycles. The van der Waals surface area contributed by atoms with Gasteiger partial charge in [-0.25, -0.2) is 10.9 Å². The molecule has 1 aliphatic rings. The largest absolute Gasteiger partial charge is 0.358 e. The summed E-state index contributed by atoms with van der Waals surface area (Å²) in [6.45, 7) is 3.83. The lowest BCUT2D eigenvalue weighted by molar-refractivity contribution is -0.532. The molecule has 3 atom stereocenters. The summed E-state index contributed by atoms with van der Waals surface area (Å²) in [6, 6.07) is 3.39. The average molecular weight is 294 g/mol. The number of benzene rings is 1. The van der Waals surface area contributed by atoms with Gasteiger partial charge in [0.25, 0.3) is 6.04 Å². The van der Waals surface area contributed by atoms with Gasteiger partial charge in [0, 0.05) is 17.7 Å². The first kappa shape index (κ1) is 15.4. The predicted octanol–water partition coefficient (Wildman–Crippen LogP) is 0.336. The molecule has 3 unspecified atom stereocenters. The number of nitrogens with one attached hydrogen (secondary N) is 3. The van der Waals surface area contributed by atoms with E-state index in [9.17, 15) is 14.9 Å². The summed E-state index contributed by atoms with van der Waals surface area (Å²) in [5, 5.41) is 13.8. The molecule has 8 heteroatoms. The molecule has 0 radical (unpaired) electrons. The van der Waals surface area contributed by atoms with E-state index in [0.717, 1.165) is 11.1 Å².